The molecule has 3 heterocycles. The number of nitrogens with zero attached hydrogens (tertiary/aromatic N) is 4. The Hall–Kier alpha value is -2.63. The molecule has 23 heavy (non-hydrogen) atoms. The lowest BCUT2D eigenvalue weighted by Crippen LogP contribution is -2.40. The highest BCUT2D eigenvalue weighted by Crippen LogP contribution is 2.25. The molecule has 4 rings (SSSR count). The number of benzene rings is 1. The van der Waals surface area contributed by atoms with Crippen LogP contribution >= 0.6 is 0 Å². The van der Waals surface area contributed by atoms with Crippen LogP contribution < -0.4 is 0 Å². The summed E-state index contributed by atoms with van der Waals surface area (Å²) in [5.74, 6) is 0.0766. The van der Waals surface area contributed by atoms with Crippen molar-refractivity contribution < 1.29 is 4.79 Å². The van der Waals surface area contributed by atoms with Crippen molar-refractivity contribution in [2.75, 3.05) is 13.1 Å². The van der Waals surface area contributed by atoms with E-state index in [9.17, 15) is 4.79 Å². The highest BCUT2D eigenvalue weighted by Gasteiger charge is 2.26. The molecule has 6 heteroatoms. The van der Waals surface area contributed by atoms with Crippen LogP contribution in [0.5, 0.6) is 0 Å². The summed E-state index contributed by atoms with van der Waals surface area (Å²) in [6.45, 7) is 3.53. The Morgan fingerprint density at radius 1 is 1.39 bits per heavy atom. The van der Waals surface area contributed by atoms with Crippen molar-refractivity contribution in [3.8, 4) is 0 Å². The zero-order valence-corrected chi connectivity index (χ0v) is 13.1. The summed E-state index contributed by atoms with van der Waals surface area (Å²) < 4.78 is 2.10. The zero-order chi connectivity index (χ0) is 15.8. The van der Waals surface area contributed by atoms with E-state index in [0.29, 0.717) is 11.6 Å². The van der Waals surface area contributed by atoms with Crippen LogP contribution in [0.1, 0.15) is 34.8 Å². The number of hydrogen-bond donors (Lipinski definition) is 1. The van der Waals surface area contributed by atoms with Crippen molar-refractivity contribution >= 4 is 16.8 Å². The normalized spacial score (nSPS) is 18.5. The third kappa shape index (κ3) is 2.50. The third-order valence-corrected chi connectivity index (χ3v) is 4.55. The van der Waals surface area contributed by atoms with Gasteiger partial charge in [-0.2, -0.15) is 5.10 Å². The van der Waals surface area contributed by atoms with Gasteiger partial charge in [-0.1, -0.05) is 0 Å². The summed E-state index contributed by atoms with van der Waals surface area (Å²) in [6, 6.07) is 4.29. The number of hydrogen-bond acceptors (Lipinski definition) is 3. The lowest BCUT2D eigenvalue weighted by molar-refractivity contribution is 0.0681. The summed E-state index contributed by atoms with van der Waals surface area (Å²) in [6.07, 6.45) is 9.44. The number of piperidine rings is 1. The van der Waals surface area contributed by atoms with Crippen LogP contribution in [-0.4, -0.2) is 43.6 Å². The van der Waals surface area contributed by atoms with Crippen LogP contribution in [0.4, 0.5) is 0 Å². The van der Waals surface area contributed by atoms with E-state index >= 15 is 0 Å². The number of rotatable bonds is 2. The smallest absolute Gasteiger partial charge is 0.256 e. The second-order valence-corrected chi connectivity index (χ2v) is 6.20. The number of aromatic amines is 1. The monoisotopic (exact) mass is 309 g/mol. The lowest BCUT2D eigenvalue weighted by atomic mass is 10.0. The summed E-state index contributed by atoms with van der Waals surface area (Å²) >= 11 is 0. The predicted octanol–water partition coefficient (Wildman–Crippen LogP) is 2.55. The molecule has 2 aromatic heterocycles. The number of imidazole rings is 1. The standard InChI is InChI=1S/C17H19N5O/c1-12-7-13-9-19-20-16(13)15(8-12)17(23)21-5-2-3-14(10-21)22-6-4-18-11-22/h4,6-9,11,14H,2-3,5,10H2,1H3,(H,19,20)/t14-/m0/s1. The number of fused-ring (bicyclic) bond motifs is 1. The second kappa shape index (κ2) is 5.53. The van der Waals surface area contributed by atoms with Crippen LogP contribution in [-0.2, 0) is 0 Å². The maximum Gasteiger partial charge on any atom is 0.256 e. The summed E-state index contributed by atoms with van der Waals surface area (Å²) in [5, 5.41) is 8.02. The van der Waals surface area contributed by atoms with E-state index in [2.05, 4.69) is 19.7 Å². The van der Waals surface area contributed by atoms with E-state index in [-0.39, 0.29) is 5.91 Å². The van der Waals surface area contributed by atoms with Gasteiger partial charge in [-0.05, 0) is 37.5 Å². The molecule has 1 aliphatic heterocycles. The zero-order valence-electron chi connectivity index (χ0n) is 13.1. The highest BCUT2D eigenvalue weighted by molar-refractivity contribution is 6.05. The number of likely N-dealkylation sites (tertiary alicyclic amines) is 1. The summed E-state index contributed by atoms with van der Waals surface area (Å²) in [5.41, 5.74) is 2.61. The number of aryl methyl sites for hydroxylation is 1. The Kier molecular flexibility index (Phi) is 3.37. The van der Waals surface area contributed by atoms with E-state index < -0.39 is 0 Å². The highest BCUT2D eigenvalue weighted by atomic mass is 16.2. The first-order valence-corrected chi connectivity index (χ1v) is 7.93. The molecule has 1 aliphatic rings. The number of carbonyl (C=O) groups is 1. The van der Waals surface area contributed by atoms with Crippen molar-refractivity contribution in [1.82, 2.24) is 24.6 Å². The molecule has 0 bridgehead atoms. The first-order valence-electron chi connectivity index (χ1n) is 7.93. The van der Waals surface area contributed by atoms with Gasteiger partial charge < -0.3 is 9.47 Å². The number of H-pyrrole nitrogens is 1. The number of amides is 1. The van der Waals surface area contributed by atoms with E-state index in [1.807, 2.05) is 36.5 Å². The quantitative estimate of drug-likeness (QED) is 0.791. The van der Waals surface area contributed by atoms with Gasteiger partial charge >= 0.3 is 0 Å². The summed E-state index contributed by atoms with van der Waals surface area (Å²) in [7, 11) is 0. The summed E-state index contributed by atoms with van der Waals surface area (Å²) in [4.78, 5) is 19.1. The molecule has 0 unspecified atom stereocenters. The predicted molar refractivity (Wildman–Crippen MR) is 87.2 cm³/mol. The Balaban J connectivity index is 1.64. The maximum atomic E-state index is 13.0. The molecule has 6 nitrogen and oxygen atoms in total. The molecule has 118 valence electrons. The van der Waals surface area contributed by atoms with Gasteiger partial charge in [0.15, 0.2) is 0 Å². The molecule has 1 saturated heterocycles. The van der Waals surface area contributed by atoms with E-state index in [4.69, 9.17) is 0 Å². The van der Waals surface area contributed by atoms with Crippen LogP contribution in [0.3, 0.4) is 0 Å². The largest absolute Gasteiger partial charge is 0.337 e. The lowest BCUT2D eigenvalue weighted by Gasteiger charge is -2.33. The molecule has 1 fully saturated rings. The fourth-order valence-electron chi connectivity index (χ4n) is 3.41. The van der Waals surface area contributed by atoms with Crippen molar-refractivity contribution in [2.45, 2.75) is 25.8 Å². The van der Waals surface area contributed by atoms with E-state index in [1.54, 1.807) is 12.4 Å². The van der Waals surface area contributed by atoms with E-state index in [1.165, 1.54) is 0 Å². The van der Waals surface area contributed by atoms with Gasteiger partial charge in [0.25, 0.3) is 5.91 Å². The van der Waals surface area contributed by atoms with Crippen molar-refractivity contribution in [3.63, 3.8) is 0 Å². The molecular weight excluding hydrogens is 290 g/mol. The molecule has 3 aromatic rings. The molecule has 1 N–H and O–H groups in total. The van der Waals surface area contributed by atoms with Gasteiger partial charge in [0.2, 0.25) is 0 Å². The van der Waals surface area contributed by atoms with Crippen molar-refractivity contribution in [3.05, 3.63) is 48.2 Å². The van der Waals surface area contributed by atoms with Gasteiger partial charge in [0.1, 0.15) is 0 Å². The molecule has 0 aliphatic carbocycles. The Morgan fingerprint density at radius 3 is 3.13 bits per heavy atom. The SMILES string of the molecule is Cc1cc(C(=O)N2CCC[C@H](n3ccnc3)C2)c2[nH]ncc2c1. The third-order valence-electron chi connectivity index (χ3n) is 4.55. The van der Waals surface area contributed by atoms with Crippen LogP contribution in [0.25, 0.3) is 10.9 Å². The molecule has 1 aromatic carbocycles. The first kappa shape index (κ1) is 14.0. The maximum absolute atomic E-state index is 13.0. The molecular formula is C17H19N5O. The number of aromatic nitrogens is 4. The van der Waals surface area contributed by atoms with Crippen LogP contribution in [0.2, 0.25) is 0 Å². The Morgan fingerprint density at radius 2 is 2.30 bits per heavy atom. The molecule has 0 radical (unpaired) electrons. The minimum Gasteiger partial charge on any atom is -0.337 e. The molecule has 0 spiro atoms. The van der Waals surface area contributed by atoms with Crippen LogP contribution in [0, 0.1) is 6.92 Å². The molecule has 1 atom stereocenters. The average molecular weight is 309 g/mol. The molecule has 1 amide bonds. The number of nitrogens with one attached hydrogen (secondary N) is 1. The molecule has 0 saturated carbocycles. The Bertz CT molecular complexity index is 836. The second-order valence-electron chi connectivity index (χ2n) is 6.20. The topological polar surface area (TPSA) is 66.8 Å². The fourth-order valence-corrected chi connectivity index (χ4v) is 3.41. The Labute approximate surface area is 134 Å². The first-order chi connectivity index (χ1) is 11.2. The van der Waals surface area contributed by atoms with Gasteiger partial charge in [0.05, 0.1) is 29.6 Å². The van der Waals surface area contributed by atoms with Crippen molar-refractivity contribution in [2.24, 2.45) is 0 Å². The minimum absolute atomic E-state index is 0.0766. The fraction of sp³-hybridized carbons (Fsp3) is 0.353. The van der Waals surface area contributed by atoms with Gasteiger partial charge in [0, 0.05) is 30.9 Å². The average Bonchev–Trinajstić information content (AvgIpc) is 3.24. The van der Waals surface area contributed by atoms with Crippen LogP contribution in [0.15, 0.2) is 37.1 Å². The van der Waals surface area contributed by atoms with E-state index in [0.717, 1.165) is 42.4 Å². The van der Waals surface area contributed by atoms with Gasteiger partial charge in [-0.15, -0.1) is 0 Å². The van der Waals surface area contributed by atoms with Crippen molar-refractivity contribution in [1.29, 1.82) is 0 Å². The minimum atomic E-state index is 0.0766. The van der Waals surface area contributed by atoms with Gasteiger partial charge in [-0.25, -0.2) is 4.98 Å². The number of carbonyl (C=O) groups excluding carboxylic acids is 1. The van der Waals surface area contributed by atoms with Gasteiger partial charge in [-0.3, -0.25) is 9.89 Å².